The third-order valence-corrected chi connectivity index (χ3v) is 5.71. The van der Waals surface area contributed by atoms with Crippen LogP contribution >= 0.6 is 11.8 Å². The van der Waals surface area contributed by atoms with Gasteiger partial charge in [-0.05, 0) is 37.1 Å². The first-order valence-corrected chi connectivity index (χ1v) is 9.25. The summed E-state index contributed by atoms with van der Waals surface area (Å²) in [5.41, 5.74) is 0.603. The van der Waals surface area contributed by atoms with E-state index in [0.717, 1.165) is 17.7 Å². The van der Waals surface area contributed by atoms with Crippen LogP contribution in [0.3, 0.4) is 0 Å². The zero-order chi connectivity index (χ0) is 14.6. The van der Waals surface area contributed by atoms with Crippen LogP contribution in [0, 0.1) is 5.92 Å². The first-order valence-electron chi connectivity index (χ1n) is 6.58. The van der Waals surface area contributed by atoms with Crippen LogP contribution in [0.5, 0.6) is 0 Å². The Bertz CT molecular complexity index is 548. The molecule has 7 heteroatoms. The van der Waals surface area contributed by atoms with Gasteiger partial charge in [0.05, 0.1) is 5.69 Å². The molecule has 1 aliphatic rings. The van der Waals surface area contributed by atoms with E-state index in [1.54, 1.807) is 6.07 Å². The first-order chi connectivity index (χ1) is 9.56. The second kappa shape index (κ2) is 6.80. The number of aliphatic hydroxyl groups is 1. The van der Waals surface area contributed by atoms with E-state index in [-0.39, 0.29) is 12.5 Å². The highest BCUT2D eigenvalue weighted by Gasteiger charge is 2.28. The topological polar surface area (TPSA) is 69.6 Å². The summed E-state index contributed by atoms with van der Waals surface area (Å²) in [6.07, 6.45) is 3.58. The Labute approximate surface area is 124 Å². The number of aliphatic hydroxyl groups excluding tert-OH is 1. The molecule has 0 saturated carbocycles. The van der Waals surface area contributed by atoms with Crippen molar-refractivity contribution in [3.05, 3.63) is 24.3 Å². The van der Waals surface area contributed by atoms with Crippen molar-refractivity contribution in [2.75, 3.05) is 30.7 Å². The van der Waals surface area contributed by atoms with Gasteiger partial charge in [0.1, 0.15) is 0 Å². The molecule has 0 aliphatic carbocycles. The molecule has 1 fully saturated rings. The summed E-state index contributed by atoms with van der Waals surface area (Å²) in [6.45, 7) is 0.925. The summed E-state index contributed by atoms with van der Waals surface area (Å²) in [7, 11) is -3.55. The number of anilines is 1. The predicted octanol–water partition coefficient (Wildman–Crippen LogP) is 1.77. The van der Waals surface area contributed by atoms with Gasteiger partial charge in [-0.1, -0.05) is 12.1 Å². The summed E-state index contributed by atoms with van der Waals surface area (Å²) >= 11 is 1.50. The van der Waals surface area contributed by atoms with Crippen molar-refractivity contribution in [3.8, 4) is 0 Å². The number of piperidine rings is 1. The lowest BCUT2D eigenvalue weighted by Gasteiger charge is -2.31. The number of hydrogen-bond donors (Lipinski definition) is 2. The Morgan fingerprint density at radius 2 is 2.20 bits per heavy atom. The van der Waals surface area contributed by atoms with Gasteiger partial charge in [-0.3, -0.25) is 4.72 Å². The number of rotatable bonds is 5. The Morgan fingerprint density at radius 3 is 2.90 bits per heavy atom. The molecule has 5 nitrogen and oxygen atoms in total. The van der Waals surface area contributed by atoms with Crippen LogP contribution in [0.15, 0.2) is 29.2 Å². The van der Waals surface area contributed by atoms with Crippen LogP contribution in [-0.2, 0) is 10.2 Å². The number of thioether (sulfide) groups is 1. The molecule has 2 N–H and O–H groups in total. The van der Waals surface area contributed by atoms with Crippen LogP contribution in [-0.4, -0.2) is 43.8 Å². The standard InChI is InChI=1S/C13H20N2O3S2/c1-19-13-7-3-2-6-12(13)14-20(17,18)15-8-4-5-11(9-15)10-16/h2-3,6-7,11,14,16H,4-5,8-10H2,1H3. The summed E-state index contributed by atoms with van der Waals surface area (Å²) < 4.78 is 28.9. The molecule has 1 aromatic rings. The SMILES string of the molecule is CSc1ccccc1NS(=O)(=O)N1CCCC(CO)C1. The van der Waals surface area contributed by atoms with Crippen molar-refractivity contribution in [1.82, 2.24) is 4.31 Å². The van der Waals surface area contributed by atoms with Crippen molar-refractivity contribution in [3.63, 3.8) is 0 Å². The van der Waals surface area contributed by atoms with Gasteiger partial charge in [-0.25, -0.2) is 0 Å². The molecule has 2 rings (SSSR count). The molecule has 1 aliphatic heterocycles. The molecular weight excluding hydrogens is 296 g/mol. The molecule has 1 atom stereocenters. The maximum Gasteiger partial charge on any atom is 0.301 e. The van der Waals surface area contributed by atoms with Crippen molar-refractivity contribution in [2.24, 2.45) is 5.92 Å². The van der Waals surface area contributed by atoms with E-state index in [9.17, 15) is 13.5 Å². The summed E-state index contributed by atoms with van der Waals surface area (Å²) in [5, 5.41) is 9.20. The van der Waals surface area contributed by atoms with Gasteiger partial charge < -0.3 is 5.11 Å². The minimum absolute atomic E-state index is 0.0351. The fourth-order valence-electron chi connectivity index (χ4n) is 2.33. The number of hydrogen-bond acceptors (Lipinski definition) is 4. The van der Waals surface area contributed by atoms with E-state index < -0.39 is 10.2 Å². The van der Waals surface area contributed by atoms with Gasteiger partial charge in [0, 0.05) is 24.6 Å². The molecule has 1 unspecified atom stereocenters. The molecular formula is C13H20N2O3S2. The third kappa shape index (κ3) is 3.66. The van der Waals surface area contributed by atoms with E-state index >= 15 is 0 Å². The molecule has 1 saturated heterocycles. The fourth-order valence-corrected chi connectivity index (χ4v) is 4.31. The van der Waals surface area contributed by atoms with Crippen molar-refractivity contribution in [1.29, 1.82) is 0 Å². The Hall–Kier alpha value is -0.760. The second-order valence-corrected chi connectivity index (χ2v) is 7.37. The molecule has 1 aromatic carbocycles. The van der Waals surface area contributed by atoms with E-state index in [2.05, 4.69) is 4.72 Å². The van der Waals surface area contributed by atoms with E-state index in [0.29, 0.717) is 18.8 Å². The lowest BCUT2D eigenvalue weighted by molar-refractivity contribution is 0.166. The molecule has 0 amide bonds. The molecule has 112 valence electrons. The zero-order valence-electron chi connectivity index (χ0n) is 11.4. The molecule has 0 aromatic heterocycles. The number of nitrogens with zero attached hydrogens (tertiary/aromatic N) is 1. The highest BCUT2D eigenvalue weighted by Crippen LogP contribution is 2.27. The molecule has 1 heterocycles. The van der Waals surface area contributed by atoms with Gasteiger partial charge in [-0.2, -0.15) is 12.7 Å². The summed E-state index contributed by atoms with van der Waals surface area (Å²) in [4.78, 5) is 0.895. The number of para-hydroxylation sites is 1. The average Bonchev–Trinajstić information content (AvgIpc) is 2.47. The quantitative estimate of drug-likeness (QED) is 0.812. The lowest BCUT2D eigenvalue weighted by atomic mass is 10.0. The van der Waals surface area contributed by atoms with Gasteiger partial charge in [-0.15, -0.1) is 11.8 Å². The van der Waals surface area contributed by atoms with E-state index in [4.69, 9.17) is 0 Å². The van der Waals surface area contributed by atoms with Crippen molar-refractivity contribution in [2.45, 2.75) is 17.7 Å². The molecule has 0 radical (unpaired) electrons. The van der Waals surface area contributed by atoms with Crippen molar-refractivity contribution < 1.29 is 13.5 Å². The lowest BCUT2D eigenvalue weighted by Crippen LogP contribution is -2.43. The zero-order valence-corrected chi connectivity index (χ0v) is 13.1. The minimum atomic E-state index is -3.55. The van der Waals surface area contributed by atoms with Gasteiger partial charge in [0.15, 0.2) is 0 Å². The van der Waals surface area contributed by atoms with Crippen LogP contribution < -0.4 is 4.72 Å². The number of benzene rings is 1. The molecule has 20 heavy (non-hydrogen) atoms. The highest BCUT2D eigenvalue weighted by molar-refractivity contribution is 7.98. The Morgan fingerprint density at radius 1 is 1.45 bits per heavy atom. The van der Waals surface area contributed by atoms with Crippen LogP contribution in [0.25, 0.3) is 0 Å². The van der Waals surface area contributed by atoms with E-state index in [1.807, 2.05) is 24.5 Å². The van der Waals surface area contributed by atoms with Crippen LogP contribution in [0.2, 0.25) is 0 Å². The summed E-state index contributed by atoms with van der Waals surface area (Å²) in [6, 6.07) is 7.34. The van der Waals surface area contributed by atoms with Gasteiger partial charge in [0.25, 0.3) is 0 Å². The predicted molar refractivity (Wildman–Crippen MR) is 82.1 cm³/mol. The summed E-state index contributed by atoms with van der Waals surface area (Å²) in [5.74, 6) is 0.0381. The van der Waals surface area contributed by atoms with Gasteiger partial charge in [0.2, 0.25) is 0 Å². The highest BCUT2D eigenvalue weighted by atomic mass is 32.2. The smallest absolute Gasteiger partial charge is 0.301 e. The largest absolute Gasteiger partial charge is 0.396 e. The van der Waals surface area contributed by atoms with Crippen LogP contribution in [0.1, 0.15) is 12.8 Å². The first kappa shape index (κ1) is 15.6. The molecule has 0 bridgehead atoms. The van der Waals surface area contributed by atoms with Crippen molar-refractivity contribution >= 4 is 27.7 Å². The van der Waals surface area contributed by atoms with E-state index in [1.165, 1.54) is 16.1 Å². The maximum atomic E-state index is 12.4. The van der Waals surface area contributed by atoms with Gasteiger partial charge >= 0.3 is 10.2 Å². The Balaban J connectivity index is 2.14. The third-order valence-electron chi connectivity index (χ3n) is 3.43. The number of nitrogens with one attached hydrogen (secondary N) is 1. The Kier molecular flexibility index (Phi) is 5.31. The molecule has 0 spiro atoms. The normalized spacial score (nSPS) is 20.8. The minimum Gasteiger partial charge on any atom is -0.396 e. The monoisotopic (exact) mass is 316 g/mol. The maximum absolute atomic E-state index is 12.4. The van der Waals surface area contributed by atoms with Crippen LogP contribution in [0.4, 0.5) is 5.69 Å². The second-order valence-electron chi connectivity index (χ2n) is 4.86. The average molecular weight is 316 g/mol. The fraction of sp³-hybridized carbons (Fsp3) is 0.538.